The molecule has 0 aromatic carbocycles. The first-order chi connectivity index (χ1) is 8.94. The fourth-order valence-electron chi connectivity index (χ4n) is 1.84. The molecular formula is C12H23O7P. The Kier molecular flexibility index (Phi) is 5.04. The van der Waals surface area contributed by atoms with Crippen molar-refractivity contribution < 1.29 is 33.0 Å². The van der Waals surface area contributed by atoms with E-state index in [0.717, 1.165) is 0 Å². The van der Waals surface area contributed by atoms with Crippen LogP contribution >= 0.6 is 7.60 Å². The van der Waals surface area contributed by atoms with Crippen molar-refractivity contribution in [1.29, 1.82) is 0 Å². The van der Waals surface area contributed by atoms with Gasteiger partial charge >= 0.3 is 13.6 Å². The zero-order valence-corrected chi connectivity index (χ0v) is 13.6. The summed E-state index contributed by atoms with van der Waals surface area (Å²) < 4.78 is 34.5. The Hall–Kier alpha value is -0.460. The third-order valence-electron chi connectivity index (χ3n) is 2.51. The highest BCUT2D eigenvalue weighted by Gasteiger charge is 2.66. The molecule has 0 bridgehead atoms. The highest BCUT2D eigenvalue weighted by molar-refractivity contribution is 7.56. The van der Waals surface area contributed by atoms with E-state index in [1.807, 2.05) is 0 Å². The van der Waals surface area contributed by atoms with E-state index in [9.17, 15) is 14.5 Å². The van der Waals surface area contributed by atoms with Gasteiger partial charge in [0.2, 0.25) is 0 Å². The lowest BCUT2D eigenvalue weighted by Crippen LogP contribution is -2.44. The van der Waals surface area contributed by atoms with Crippen LogP contribution in [0.3, 0.4) is 0 Å². The van der Waals surface area contributed by atoms with Crippen LogP contribution in [0.25, 0.3) is 0 Å². The first kappa shape index (κ1) is 17.6. The fourth-order valence-corrected chi connectivity index (χ4v) is 4.13. The van der Waals surface area contributed by atoms with Gasteiger partial charge < -0.3 is 23.6 Å². The summed E-state index contributed by atoms with van der Waals surface area (Å²) in [4.78, 5) is 11.7. The Morgan fingerprint density at radius 3 is 1.90 bits per heavy atom. The van der Waals surface area contributed by atoms with Crippen molar-refractivity contribution in [3.63, 3.8) is 0 Å². The van der Waals surface area contributed by atoms with Gasteiger partial charge in [0.05, 0.1) is 12.2 Å². The van der Waals surface area contributed by atoms with Crippen molar-refractivity contribution >= 4 is 13.6 Å². The Bertz CT molecular complexity index is 404. The summed E-state index contributed by atoms with van der Waals surface area (Å²) in [6, 6.07) is 0. The van der Waals surface area contributed by atoms with Gasteiger partial charge in [-0.3, -0.25) is 4.57 Å². The summed E-state index contributed by atoms with van der Waals surface area (Å²) in [6.07, 6.45) is -0.966. The zero-order chi connectivity index (χ0) is 15.8. The molecule has 1 atom stereocenters. The van der Waals surface area contributed by atoms with Crippen molar-refractivity contribution in [1.82, 2.24) is 0 Å². The standard InChI is InChI=1S/C12H23O7P/c1-8(2)17-20(15,18-9(3)4)12(10(13)14)7-16-11(5,6)19-12/h8-9H,7H2,1-6H3,(H,13,14). The van der Waals surface area contributed by atoms with E-state index in [4.69, 9.17) is 18.5 Å². The van der Waals surface area contributed by atoms with Crippen molar-refractivity contribution in [2.24, 2.45) is 0 Å². The van der Waals surface area contributed by atoms with Gasteiger partial charge in [-0.15, -0.1) is 0 Å². The minimum absolute atomic E-state index is 0.397. The molecule has 20 heavy (non-hydrogen) atoms. The Morgan fingerprint density at radius 1 is 1.20 bits per heavy atom. The van der Waals surface area contributed by atoms with Crippen molar-refractivity contribution in [2.75, 3.05) is 6.61 Å². The number of carboxylic acid groups (broad SMARTS) is 1. The molecule has 1 fully saturated rings. The third-order valence-corrected chi connectivity index (χ3v) is 5.20. The Balaban J connectivity index is 3.27. The van der Waals surface area contributed by atoms with E-state index >= 15 is 0 Å². The molecule has 1 aliphatic rings. The van der Waals surface area contributed by atoms with Gasteiger partial charge in [-0.1, -0.05) is 0 Å². The molecular weight excluding hydrogens is 287 g/mol. The van der Waals surface area contributed by atoms with Crippen LogP contribution in [-0.2, 0) is 27.9 Å². The molecule has 0 saturated carbocycles. The second-order valence-corrected chi connectivity index (χ2v) is 7.82. The van der Waals surface area contributed by atoms with Gasteiger partial charge in [0.25, 0.3) is 5.34 Å². The lowest BCUT2D eigenvalue weighted by atomic mass is 10.4. The Morgan fingerprint density at radius 2 is 1.65 bits per heavy atom. The molecule has 0 aliphatic carbocycles. The summed E-state index contributed by atoms with van der Waals surface area (Å²) in [6.45, 7) is 9.28. The number of hydrogen-bond acceptors (Lipinski definition) is 6. The molecule has 118 valence electrons. The van der Waals surface area contributed by atoms with Gasteiger partial charge in [0, 0.05) is 0 Å². The third kappa shape index (κ3) is 3.40. The predicted octanol–water partition coefficient (Wildman–Crippen LogP) is 2.59. The van der Waals surface area contributed by atoms with Crippen LogP contribution in [0.4, 0.5) is 0 Å². The first-order valence-corrected chi connectivity index (χ1v) is 8.03. The number of hydrogen-bond donors (Lipinski definition) is 1. The van der Waals surface area contributed by atoms with Crippen molar-refractivity contribution in [2.45, 2.75) is 64.9 Å². The van der Waals surface area contributed by atoms with Crippen LogP contribution in [0.2, 0.25) is 0 Å². The maximum absolute atomic E-state index is 13.1. The molecule has 0 amide bonds. The summed E-state index contributed by atoms with van der Waals surface area (Å²) >= 11 is 0. The van der Waals surface area contributed by atoms with Gasteiger partial charge in [0.15, 0.2) is 5.79 Å². The molecule has 1 unspecified atom stereocenters. The van der Waals surface area contributed by atoms with E-state index in [1.54, 1.807) is 41.5 Å². The Labute approximate surface area is 119 Å². The minimum Gasteiger partial charge on any atom is -0.479 e. The number of carbonyl (C=O) groups is 1. The molecule has 8 heteroatoms. The van der Waals surface area contributed by atoms with Crippen LogP contribution in [-0.4, -0.2) is 41.0 Å². The number of carboxylic acids is 1. The fraction of sp³-hybridized carbons (Fsp3) is 0.917. The quantitative estimate of drug-likeness (QED) is 0.754. The number of ether oxygens (including phenoxy) is 2. The number of rotatable bonds is 6. The van der Waals surface area contributed by atoms with Crippen LogP contribution in [0.1, 0.15) is 41.5 Å². The zero-order valence-electron chi connectivity index (χ0n) is 12.7. The lowest BCUT2D eigenvalue weighted by Gasteiger charge is -2.33. The van der Waals surface area contributed by atoms with Crippen molar-refractivity contribution in [3.8, 4) is 0 Å². The normalized spacial score (nSPS) is 26.4. The van der Waals surface area contributed by atoms with Gasteiger partial charge in [-0.05, 0) is 41.5 Å². The second-order valence-electron chi connectivity index (χ2n) is 5.69. The SMILES string of the molecule is CC(C)OP(=O)(OC(C)C)C1(C(=O)O)COC(C)(C)O1. The first-order valence-electron chi connectivity index (χ1n) is 6.48. The van der Waals surface area contributed by atoms with Crippen LogP contribution < -0.4 is 0 Å². The maximum Gasteiger partial charge on any atom is 0.376 e. The molecule has 7 nitrogen and oxygen atoms in total. The van der Waals surface area contributed by atoms with E-state index in [2.05, 4.69) is 0 Å². The maximum atomic E-state index is 13.1. The monoisotopic (exact) mass is 310 g/mol. The molecule has 1 saturated heterocycles. The summed E-state index contributed by atoms with van der Waals surface area (Å²) in [5, 5.41) is 7.37. The lowest BCUT2D eigenvalue weighted by molar-refractivity contribution is -0.175. The average Bonchev–Trinajstić information content (AvgIpc) is 2.53. The van der Waals surface area contributed by atoms with Gasteiger partial charge in [-0.2, -0.15) is 0 Å². The van der Waals surface area contributed by atoms with Crippen LogP contribution in [0, 0.1) is 0 Å². The van der Waals surface area contributed by atoms with Crippen LogP contribution in [0.5, 0.6) is 0 Å². The molecule has 1 aliphatic heterocycles. The largest absolute Gasteiger partial charge is 0.479 e. The molecule has 0 aromatic heterocycles. The summed E-state index contributed by atoms with van der Waals surface area (Å²) in [5.74, 6) is -2.60. The van der Waals surface area contributed by atoms with E-state index < -0.39 is 43.5 Å². The van der Waals surface area contributed by atoms with E-state index in [0.29, 0.717) is 0 Å². The van der Waals surface area contributed by atoms with Gasteiger partial charge in [-0.25, -0.2) is 4.79 Å². The highest BCUT2D eigenvalue weighted by atomic mass is 31.2. The second kappa shape index (κ2) is 5.73. The smallest absolute Gasteiger partial charge is 0.376 e. The summed E-state index contributed by atoms with van der Waals surface area (Å²) in [7, 11) is -4.09. The molecule has 1 N–H and O–H groups in total. The van der Waals surface area contributed by atoms with Crippen molar-refractivity contribution in [3.05, 3.63) is 0 Å². The van der Waals surface area contributed by atoms with E-state index in [-0.39, 0.29) is 0 Å². The average molecular weight is 310 g/mol. The number of aliphatic carboxylic acids is 1. The molecule has 0 spiro atoms. The molecule has 1 heterocycles. The minimum atomic E-state index is -4.09. The van der Waals surface area contributed by atoms with Crippen LogP contribution in [0.15, 0.2) is 0 Å². The highest BCUT2D eigenvalue weighted by Crippen LogP contribution is 2.65. The van der Waals surface area contributed by atoms with Gasteiger partial charge in [0.1, 0.15) is 6.61 Å². The molecule has 1 rings (SSSR count). The molecule has 0 aromatic rings. The molecule has 0 radical (unpaired) electrons. The predicted molar refractivity (Wildman–Crippen MR) is 71.5 cm³/mol. The van der Waals surface area contributed by atoms with E-state index in [1.165, 1.54) is 0 Å². The topological polar surface area (TPSA) is 91.3 Å². The summed E-state index contributed by atoms with van der Waals surface area (Å²) in [5.41, 5.74) is 0.